The number of carboxylic acid groups (broad SMARTS) is 1. The van der Waals surface area contributed by atoms with Gasteiger partial charge >= 0.3 is 5.97 Å². The van der Waals surface area contributed by atoms with Gasteiger partial charge in [0.25, 0.3) is 0 Å². The summed E-state index contributed by atoms with van der Waals surface area (Å²) >= 11 is 0. The Morgan fingerprint density at radius 2 is 2.05 bits per heavy atom. The molecule has 0 radical (unpaired) electrons. The Bertz CT molecular complexity index is 469. The summed E-state index contributed by atoms with van der Waals surface area (Å²) in [5.41, 5.74) is 0.752. The van der Waals surface area contributed by atoms with Crippen molar-refractivity contribution in [3.63, 3.8) is 0 Å². The molecule has 0 amide bonds. The van der Waals surface area contributed by atoms with E-state index in [9.17, 15) is 4.79 Å². The Hall–Kier alpha value is -1.66. The third-order valence-electron chi connectivity index (χ3n) is 2.85. The maximum atomic E-state index is 11.2. The van der Waals surface area contributed by atoms with Crippen molar-refractivity contribution in [2.24, 2.45) is 0 Å². The summed E-state index contributed by atoms with van der Waals surface area (Å²) in [6.45, 7) is 7.50. The lowest BCUT2D eigenvalue weighted by Gasteiger charge is -2.19. The third-order valence-corrected chi connectivity index (χ3v) is 2.85. The first-order chi connectivity index (χ1) is 9.84. The van der Waals surface area contributed by atoms with Crippen LogP contribution in [0.4, 0.5) is 5.82 Å². The van der Waals surface area contributed by atoms with Crippen molar-refractivity contribution < 1.29 is 19.7 Å². The predicted octanol–water partition coefficient (Wildman–Crippen LogP) is 1.89. The van der Waals surface area contributed by atoms with Gasteiger partial charge in [-0.15, -0.1) is 0 Å². The highest BCUT2D eigenvalue weighted by Gasteiger charge is 2.18. The van der Waals surface area contributed by atoms with Crippen molar-refractivity contribution >= 4 is 11.8 Å². The highest BCUT2D eigenvalue weighted by Crippen LogP contribution is 2.23. The van der Waals surface area contributed by atoms with Gasteiger partial charge in [0.05, 0.1) is 18.8 Å². The number of aliphatic hydroxyl groups is 1. The molecule has 1 aromatic heterocycles. The van der Waals surface area contributed by atoms with E-state index in [-0.39, 0.29) is 17.6 Å². The molecule has 3 N–H and O–H groups in total. The summed E-state index contributed by atoms with van der Waals surface area (Å²) in [6, 6.07) is 3.14. The van der Waals surface area contributed by atoms with Gasteiger partial charge in [0.2, 0.25) is 0 Å². The van der Waals surface area contributed by atoms with Crippen molar-refractivity contribution in [1.29, 1.82) is 0 Å². The lowest BCUT2D eigenvalue weighted by Crippen LogP contribution is -2.17. The highest BCUT2D eigenvalue weighted by atomic mass is 16.5. The van der Waals surface area contributed by atoms with Crippen molar-refractivity contribution in [3.05, 3.63) is 23.4 Å². The van der Waals surface area contributed by atoms with Crippen LogP contribution in [0.25, 0.3) is 0 Å². The zero-order valence-electron chi connectivity index (χ0n) is 12.8. The van der Waals surface area contributed by atoms with Gasteiger partial charge in [0.1, 0.15) is 5.82 Å². The van der Waals surface area contributed by atoms with Gasteiger partial charge in [0, 0.05) is 24.3 Å². The molecule has 6 heteroatoms. The number of hydrogen-bond donors (Lipinski definition) is 3. The lowest BCUT2D eigenvalue weighted by atomic mass is 9.91. The molecule has 0 aliphatic heterocycles. The summed E-state index contributed by atoms with van der Waals surface area (Å²) < 4.78 is 5.16. The molecule has 0 aromatic carbocycles. The molecule has 0 saturated heterocycles. The van der Waals surface area contributed by atoms with E-state index in [1.165, 1.54) is 6.07 Å². The van der Waals surface area contributed by atoms with E-state index in [2.05, 4.69) is 10.3 Å². The molecule has 0 saturated carbocycles. The molecular weight excluding hydrogens is 272 g/mol. The molecule has 21 heavy (non-hydrogen) atoms. The van der Waals surface area contributed by atoms with E-state index in [0.29, 0.717) is 25.6 Å². The first-order valence-electron chi connectivity index (χ1n) is 7.03. The standard InChI is InChI=1S/C15H24N2O4/c1-15(2,3)12-9-11(14(19)20)10-13(17-12)16-5-4-7-21-8-6-18/h9-10,18H,4-8H2,1-3H3,(H,16,17)(H,19,20). The molecule has 1 heterocycles. The number of rotatable bonds is 8. The molecule has 0 spiro atoms. The number of aromatic nitrogens is 1. The normalized spacial score (nSPS) is 11.4. The van der Waals surface area contributed by atoms with E-state index in [0.717, 1.165) is 12.1 Å². The summed E-state index contributed by atoms with van der Waals surface area (Å²) in [6.07, 6.45) is 0.754. The van der Waals surface area contributed by atoms with E-state index in [1.54, 1.807) is 6.07 Å². The fourth-order valence-corrected chi connectivity index (χ4v) is 1.69. The van der Waals surface area contributed by atoms with Crippen LogP contribution in [0.2, 0.25) is 0 Å². The second kappa shape index (κ2) is 7.95. The molecule has 0 fully saturated rings. The van der Waals surface area contributed by atoms with E-state index in [4.69, 9.17) is 14.9 Å². The summed E-state index contributed by atoms with van der Waals surface area (Å²) in [7, 11) is 0. The molecule has 0 bridgehead atoms. The quantitative estimate of drug-likeness (QED) is 0.634. The Morgan fingerprint density at radius 3 is 2.62 bits per heavy atom. The van der Waals surface area contributed by atoms with Crippen LogP contribution in [-0.2, 0) is 10.2 Å². The third kappa shape index (κ3) is 6.10. The van der Waals surface area contributed by atoms with Gasteiger partial charge in [0.15, 0.2) is 0 Å². The van der Waals surface area contributed by atoms with Gasteiger partial charge in [-0.2, -0.15) is 0 Å². The van der Waals surface area contributed by atoms with Gasteiger partial charge in [-0.1, -0.05) is 20.8 Å². The lowest BCUT2D eigenvalue weighted by molar-refractivity contribution is 0.0696. The van der Waals surface area contributed by atoms with Crippen molar-refractivity contribution in [2.75, 3.05) is 31.7 Å². The van der Waals surface area contributed by atoms with Gasteiger partial charge in [-0.25, -0.2) is 9.78 Å². The SMILES string of the molecule is CC(C)(C)c1cc(C(=O)O)cc(NCCCOCCO)n1. The first kappa shape index (κ1) is 17.4. The van der Waals surface area contributed by atoms with Gasteiger partial charge in [-0.3, -0.25) is 0 Å². The van der Waals surface area contributed by atoms with Crippen LogP contribution in [0.1, 0.15) is 43.2 Å². The molecule has 0 unspecified atom stereocenters. The first-order valence-corrected chi connectivity index (χ1v) is 7.03. The van der Waals surface area contributed by atoms with Crippen LogP contribution in [0, 0.1) is 0 Å². The van der Waals surface area contributed by atoms with E-state index >= 15 is 0 Å². The number of anilines is 1. The monoisotopic (exact) mass is 296 g/mol. The van der Waals surface area contributed by atoms with Crippen molar-refractivity contribution in [3.8, 4) is 0 Å². The average Bonchev–Trinajstić information content (AvgIpc) is 2.41. The van der Waals surface area contributed by atoms with Crippen LogP contribution in [0.3, 0.4) is 0 Å². The number of carbonyl (C=O) groups is 1. The molecule has 118 valence electrons. The number of nitrogens with zero attached hydrogens (tertiary/aromatic N) is 1. The van der Waals surface area contributed by atoms with Crippen LogP contribution >= 0.6 is 0 Å². The van der Waals surface area contributed by atoms with E-state index < -0.39 is 5.97 Å². The number of pyridine rings is 1. The zero-order valence-corrected chi connectivity index (χ0v) is 12.8. The highest BCUT2D eigenvalue weighted by molar-refractivity contribution is 5.88. The number of aliphatic hydroxyl groups excluding tert-OH is 1. The minimum Gasteiger partial charge on any atom is -0.478 e. The fraction of sp³-hybridized carbons (Fsp3) is 0.600. The summed E-state index contributed by atoms with van der Waals surface area (Å²) in [4.78, 5) is 15.6. The second-order valence-corrected chi connectivity index (χ2v) is 5.80. The molecule has 1 rings (SSSR count). The Labute approximate surface area is 125 Å². The number of carboxylic acids is 1. The maximum absolute atomic E-state index is 11.2. The smallest absolute Gasteiger partial charge is 0.335 e. The molecule has 0 aliphatic rings. The largest absolute Gasteiger partial charge is 0.478 e. The summed E-state index contributed by atoms with van der Waals surface area (Å²) in [5, 5.41) is 20.9. The number of hydrogen-bond acceptors (Lipinski definition) is 5. The minimum absolute atomic E-state index is 0.0184. The topological polar surface area (TPSA) is 91.7 Å². The molecule has 1 aromatic rings. The zero-order chi connectivity index (χ0) is 15.9. The molecule has 0 aliphatic carbocycles. The van der Waals surface area contributed by atoms with Crippen molar-refractivity contribution in [2.45, 2.75) is 32.6 Å². The van der Waals surface area contributed by atoms with Gasteiger partial charge in [-0.05, 0) is 18.6 Å². The number of aromatic carboxylic acids is 1. The van der Waals surface area contributed by atoms with Crippen LogP contribution in [0.5, 0.6) is 0 Å². The summed E-state index contributed by atoms with van der Waals surface area (Å²) in [5.74, 6) is -0.404. The maximum Gasteiger partial charge on any atom is 0.335 e. The van der Waals surface area contributed by atoms with Crippen LogP contribution in [0.15, 0.2) is 12.1 Å². The van der Waals surface area contributed by atoms with Crippen molar-refractivity contribution in [1.82, 2.24) is 4.98 Å². The number of nitrogens with one attached hydrogen (secondary N) is 1. The fourth-order valence-electron chi connectivity index (χ4n) is 1.69. The van der Waals surface area contributed by atoms with Crippen LogP contribution < -0.4 is 5.32 Å². The molecular formula is C15H24N2O4. The average molecular weight is 296 g/mol. The number of ether oxygens (including phenoxy) is 1. The van der Waals surface area contributed by atoms with Crippen LogP contribution in [-0.4, -0.2) is 47.5 Å². The molecule has 6 nitrogen and oxygen atoms in total. The second-order valence-electron chi connectivity index (χ2n) is 5.80. The van der Waals surface area contributed by atoms with Gasteiger partial charge < -0.3 is 20.3 Å². The Morgan fingerprint density at radius 1 is 1.33 bits per heavy atom. The predicted molar refractivity (Wildman–Crippen MR) is 80.9 cm³/mol. The Kier molecular flexibility index (Phi) is 6.58. The minimum atomic E-state index is -0.961. The Balaban J connectivity index is 2.68. The molecule has 0 atom stereocenters. The van der Waals surface area contributed by atoms with E-state index in [1.807, 2.05) is 20.8 Å².